The van der Waals surface area contributed by atoms with Crippen LogP contribution in [-0.2, 0) is 9.59 Å². The number of carbonyl (C=O) groups excluding carboxylic acids is 3. The first-order chi connectivity index (χ1) is 17.0. The van der Waals surface area contributed by atoms with E-state index in [1.807, 2.05) is 49.4 Å². The number of benzene rings is 3. The molecule has 0 unspecified atom stereocenters. The van der Waals surface area contributed by atoms with Gasteiger partial charge in [-0.05, 0) is 66.7 Å². The SMILES string of the molecule is Cc1ccc(NC(=O)CN2C(=O)S/C(=C/c3ccc(OCCOc4ccccc4)cc3)C2=O)cc1. The van der Waals surface area contributed by atoms with Crippen LogP contribution < -0.4 is 14.8 Å². The molecule has 0 saturated carbocycles. The van der Waals surface area contributed by atoms with Gasteiger partial charge in [0.1, 0.15) is 31.3 Å². The molecule has 3 aromatic carbocycles. The molecule has 7 nitrogen and oxygen atoms in total. The summed E-state index contributed by atoms with van der Waals surface area (Å²) in [5, 5.41) is 2.23. The van der Waals surface area contributed by atoms with Gasteiger partial charge in [0.05, 0.1) is 4.91 Å². The van der Waals surface area contributed by atoms with Gasteiger partial charge in [0, 0.05) is 5.69 Å². The van der Waals surface area contributed by atoms with Gasteiger partial charge in [-0.3, -0.25) is 19.3 Å². The third kappa shape index (κ3) is 6.74. The highest BCUT2D eigenvalue weighted by Crippen LogP contribution is 2.32. The number of imide groups is 1. The standard InChI is InChI=1S/C27H24N2O5S/c1-19-7-11-21(12-8-19)28-25(30)18-29-26(31)24(35-27(29)32)17-20-9-13-23(14-10-20)34-16-15-33-22-5-3-2-4-6-22/h2-14,17H,15-16,18H2,1H3,(H,28,30)/b24-17+. The van der Waals surface area contributed by atoms with Crippen LogP contribution in [0.1, 0.15) is 11.1 Å². The van der Waals surface area contributed by atoms with Gasteiger partial charge in [0.25, 0.3) is 11.1 Å². The van der Waals surface area contributed by atoms with Crippen LogP contribution in [-0.4, -0.2) is 41.7 Å². The molecular formula is C27H24N2O5S. The molecule has 8 heteroatoms. The Morgan fingerprint density at radius 1 is 0.886 bits per heavy atom. The number of para-hydroxylation sites is 1. The second kappa shape index (κ2) is 11.4. The fourth-order valence-corrected chi connectivity index (χ4v) is 4.10. The maximum Gasteiger partial charge on any atom is 0.294 e. The smallest absolute Gasteiger partial charge is 0.294 e. The van der Waals surface area contributed by atoms with Crippen LogP contribution in [0.2, 0.25) is 0 Å². The molecule has 1 fully saturated rings. The maximum absolute atomic E-state index is 12.7. The summed E-state index contributed by atoms with van der Waals surface area (Å²) < 4.78 is 11.3. The van der Waals surface area contributed by atoms with Gasteiger partial charge in [-0.25, -0.2) is 0 Å². The van der Waals surface area contributed by atoms with Crippen molar-refractivity contribution >= 4 is 40.6 Å². The van der Waals surface area contributed by atoms with E-state index >= 15 is 0 Å². The molecular weight excluding hydrogens is 464 g/mol. The Morgan fingerprint density at radius 3 is 2.17 bits per heavy atom. The van der Waals surface area contributed by atoms with Crippen LogP contribution in [0.25, 0.3) is 6.08 Å². The van der Waals surface area contributed by atoms with Gasteiger partial charge >= 0.3 is 0 Å². The largest absolute Gasteiger partial charge is 0.490 e. The summed E-state index contributed by atoms with van der Waals surface area (Å²) >= 11 is 0.817. The Labute approximate surface area is 207 Å². The molecule has 1 aliphatic rings. The van der Waals surface area contributed by atoms with E-state index in [-0.39, 0.29) is 11.4 Å². The van der Waals surface area contributed by atoms with Crippen LogP contribution in [0.3, 0.4) is 0 Å². The summed E-state index contributed by atoms with van der Waals surface area (Å²) in [7, 11) is 0. The zero-order valence-electron chi connectivity index (χ0n) is 19.1. The van der Waals surface area contributed by atoms with E-state index in [0.717, 1.165) is 33.5 Å². The van der Waals surface area contributed by atoms with Crippen molar-refractivity contribution in [1.29, 1.82) is 0 Å². The fourth-order valence-electron chi connectivity index (χ4n) is 3.26. The lowest BCUT2D eigenvalue weighted by Crippen LogP contribution is -2.36. The van der Waals surface area contributed by atoms with E-state index in [1.54, 1.807) is 42.5 Å². The third-order valence-corrected chi connectivity index (χ3v) is 5.96. The minimum atomic E-state index is -0.488. The fraction of sp³-hybridized carbons (Fsp3) is 0.148. The molecule has 178 valence electrons. The lowest BCUT2D eigenvalue weighted by atomic mass is 10.2. The summed E-state index contributed by atoms with van der Waals surface area (Å²) in [5.74, 6) is 0.528. The van der Waals surface area contributed by atoms with E-state index in [9.17, 15) is 14.4 Å². The number of carbonyl (C=O) groups is 3. The van der Waals surface area contributed by atoms with Gasteiger partial charge < -0.3 is 14.8 Å². The summed E-state index contributed by atoms with van der Waals surface area (Å²) in [6, 6.07) is 23.9. The Balaban J connectivity index is 1.28. The van der Waals surface area contributed by atoms with Crippen molar-refractivity contribution in [2.24, 2.45) is 0 Å². The Kier molecular flexibility index (Phi) is 7.84. The molecule has 4 rings (SSSR count). The van der Waals surface area contributed by atoms with E-state index < -0.39 is 17.1 Å². The summed E-state index contributed by atoms with van der Waals surface area (Å²) in [6.07, 6.45) is 1.63. The number of hydrogen-bond donors (Lipinski definition) is 1. The Hall–Kier alpha value is -4.04. The third-order valence-electron chi connectivity index (χ3n) is 5.05. The van der Waals surface area contributed by atoms with Crippen molar-refractivity contribution in [3.8, 4) is 11.5 Å². The van der Waals surface area contributed by atoms with Crippen LogP contribution in [0.5, 0.6) is 11.5 Å². The number of ether oxygens (including phenoxy) is 2. The number of amides is 3. The van der Waals surface area contributed by atoms with Crippen molar-refractivity contribution in [2.75, 3.05) is 25.1 Å². The van der Waals surface area contributed by atoms with Crippen molar-refractivity contribution in [3.05, 3.63) is 94.9 Å². The average molecular weight is 489 g/mol. The van der Waals surface area contributed by atoms with E-state index in [2.05, 4.69) is 5.32 Å². The molecule has 1 heterocycles. The average Bonchev–Trinajstić information content (AvgIpc) is 3.12. The predicted molar refractivity (Wildman–Crippen MR) is 136 cm³/mol. The zero-order valence-corrected chi connectivity index (χ0v) is 19.9. The number of nitrogens with zero attached hydrogens (tertiary/aromatic N) is 1. The molecule has 3 amide bonds. The molecule has 35 heavy (non-hydrogen) atoms. The summed E-state index contributed by atoms with van der Waals surface area (Å²) in [5.41, 5.74) is 2.42. The first kappa shape index (κ1) is 24.1. The van der Waals surface area contributed by atoms with Crippen LogP contribution in [0, 0.1) is 6.92 Å². The predicted octanol–water partition coefficient (Wildman–Crippen LogP) is 5.13. The molecule has 0 aromatic heterocycles. The number of nitrogens with one attached hydrogen (secondary N) is 1. The highest BCUT2D eigenvalue weighted by Gasteiger charge is 2.36. The normalized spacial score (nSPS) is 14.3. The molecule has 1 aliphatic heterocycles. The van der Waals surface area contributed by atoms with Gasteiger partial charge in [-0.2, -0.15) is 0 Å². The topological polar surface area (TPSA) is 84.9 Å². The number of hydrogen-bond acceptors (Lipinski definition) is 6. The highest BCUT2D eigenvalue weighted by atomic mass is 32.2. The van der Waals surface area contributed by atoms with Crippen LogP contribution in [0.4, 0.5) is 10.5 Å². The first-order valence-electron chi connectivity index (χ1n) is 11.0. The molecule has 1 N–H and O–H groups in total. The van der Waals surface area contributed by atoms with Gasteiger partial charge in [0.15, 0.2) is 0 Å². The summed E-state index contributed by atoms with van der Waals surface area (Å²) in [6.45, 7) is 2.41. The van der Waals surface area contributed by atoms with E-state index in [0.29, 0.717) is 24.7 Å². The molecule has 0 radical (unpaired) electrons. The van der Waals surface area contributed by atoms with Crippen molar-refractivity contribution < 1.29 is 23.9 Å². The van der Waals surface area contributed by atoms with E-state index in [4.69, 9.17) is 9.47 Å². The Morgan fingerprint density at radius 2 is 1.51 bits per heavy atom. The quantitative estimate of drug-likeness (QED) is 0.332. The lowest BCUT2D eigenvalue weighted by Gasteiger charge is -2.12. The van der Waals surface area contributed by atoms with E-state index in [1.165, 1.54) is 0 Å². The number of thioether (sulfide) groups is 1. The second-order valence-corrected chi connectivity index (χ2v) is 8.75. The van der Waals surface area contributed by atoms with Gasteiger partial charge in [-0.15, -0.1) is 0 Å². The zero-order chi connectivity index (χ0) is 24.6. The molecule has 0 spiro atoms. The minimum Gasteiger partial charge on any atom is -0.490 e. The van der Waals surface area contributed by atoms with Gasteiger partial charge in [0.2, 0.25) is 5.91 Å². The monoisotopic (exact) mass is 488 g/mol. The first-order valence-corrected chi connectivity index (χ1v) is 11.8. The Bertz CT molecular complexity index is 1220. The minimum absolute atomic E-state index is 0.267. The van der Waals surface area contributed by atoms with Crippen molar-refractivity contribution in [3.63, 3.8) is 0 Å². The highest BCUT2D eigenvalue weighted by molar-refractivity contribution is 8.18. The molecule has 0 aliphatic carbocycles. The molecule has 0 atom stereocenters. The maximum atomic E-state index is 12.7. The number of anilines is 1. The molecule has 1 saturated heterocycles. The summed E-state index contributed by atoms with van der Waals surface area (Å²) in [4.78, 5) is 38.6. The molecule has 0 bridgehead atoms. The van der Waals surface area contributed by atoms with Crippen molar-refractivity contribution in [1.82, 2.24) is 4.90 Å². The number of aryl methyl sites for hydroxylation is 1. The number of rotatable bonds is 9. The second-order valence-electron chi connectivity index (χ2n) is 7.76. The van der Waals surface area contributed by atoms with Gasteiger partial charge in [-0.1, -0.05) is 48.0 Å². The lowest BCUT2D eigenvalue weighted by molar-refractivity contribution is -0.127. The molecule has 3 aromatic rings. The van der Waals surface area contributed by atoms with Crippen LogP contribution >= 0.6 is 11.8 Å². The van der Waals surface area contributed by atoms with Crippen LogP contribution in [0.15, 0.2) is 83.8 Å². The van der Waals surface area contributed by atoms with Crippen molar-refractivity contribution in [2.45, 2.75) is 6.92 Å².